The van der Waals surface area contributed by atoms with Crippen molar-refractivity contribution in [1.82, 2.24) is 4.90 Å². The van der Waals surface area contributed by atoms with E-state index in [0.29, 0.717) is 41.6 Å². The quantitative estimate of drug-likeness (QED) is 0.227. The number of anilines is 1. The Bertz CT molecular complexity index is 1350. The number of amides is 3. The summed E-state index contributed by atoms with van der Waals surface area (Å²) >= 11 is 0. The van der Waals surface area contributed by atoms with Crippen molar-refractivity contribution in [3.8, 4) is 0 Å². The van der Waals surface area contributed by atoms with Crippen LogP contribution in [0, 0.1) is 11.8 Å². The van der Waals surface area contributed by atoms with Gasteiger partial charge in [-0.15, -0.1) is 0 Å². The van der Waals surface area contributed by atoms with E-state index in [1.54, 1.807) is 17.0 Å². The first-order chi connectivity index (χ1) is 20.5. The van der Waals surface area contributed by atoms with E-state index in [0.717, 1.165) is 16.8 Å². The molecule has 0 radical (unpaired) electrons. The molecule has 3 amide bonds. The Morgan fingerprint density at radius 3 is 2.05 bits per heavy atom. The van der Waals surface area contributed by atoms with Gasteiger partial charge in [-0.05, 0) is 66.1 Å². The largest absolute Gasteiger partial charge is 0.444 e. The topological polar surface area (TPSA) is 76.2 Å². The lowest BCUT2D eigenvalue weighted by Gasteiger charge is -2.50. The minimum Gasteiger partial charge on any atom is -0.444 e. The maximum absolute atomic E-state index is 14.1. The second-order valence-corrected chi connectivity index (χ2v) is 18.7. The van der Waals surface area contributed by atoms with Crippen molar-refractivity contribution in [3.05, 3.63) is 77.5 Å². The van der Waals surface area contributed by atoms with Gasteiger partial charge in [-0.1, -0.05) is 90.1 Å². The summed E-state index contributed by atoms with van der Waals surface area (Å²) < 4.78 is 13.2. The zero-order chi connectivity index (χ0) is 31.1. The Morgan fingerprint density at radius 1 is 0.884 bits per heavy atom. The second kappa shape index (κ2) is 12.4. The minimum absolute atomic E-state index is 0.155. The molecule has 3 aliphatic rings. The van der Waals surface area contributed by atoms with Crippen molar-refractivity contribution < 1.29 is 23.5 Å². The molecule has 5 rings (SSSR count). The number of rotatable bonds is 8. The monoisotopic (exact) mass is 602 g/mol. The summed E-state index contributed by atoms with van der Waals surface area (Å²) in [6, 6.07) is 18.5. The zero-order valence-electron chi connectivity index (χ0n) is 26.6. The Labute approximate surface area is 257 Å². The van der Waals surface area contributed by atoms with Crippen LogP contribution in [0.1, 0.15) is 73.3 Å². The predicted molar refractivity (Wildman–Crippen MR) is 171 cm³/mol. The van der Waals surface area contributed by atoms with E-state index in [1.807, 2.05) is 55.5 Å². The lowest BCUT2D eigenvalue weighted by atomic mass is 9.73. The standard InChI is InChI=1S/C35H46N2O5Si/c1-22(2)43(23(3)4,24(5)6)42-31-20-29-30(36(25(31)7)35(40)41-21-26-14-10-8-11-15-26)19-18-28-32(29)34(39)37(33(28)38)27-16-12-9-13-17-27/h8-17,22-25,28,31-32H,18-21H2,1-7H3/t25-,28-,31+,32-/m0/s1. The summed E-state index contributed by atoms with van der Waals surface area (Å²) in [7, 11) is -2.34. The fourth-order valence-electron chi connectivity index (χ4n) is 8.07. The number of carbonyl (C=O) groups excluding carboxylic acids is 3. The number of carbonyl (C=O) groups is 3. The van der Waals surface area contributed by atoms with Crippen molar-refractivity contribution in [3.63, 3.8) is 0 Å². The van der Waals surface area contributed by atoms with Crippen LogP contribution in [0.15, 0.2) is 71.9 Å². The number of imide groups is 1. The smallest absolute Gasteiger partial charge is 0.414 e. The van der Waals surface area contributed by atoms with Crippen molar-refractivity contribution in [2.75, 3.05) is 4.90 Å². The fourth-order valence-corrected chi connectivity index (χ4v) is 13.7. The maximum Gasteiger partial charge on any atom is 0.414 e. The normalized spacial score (nSPS) is 24.2. The number of ether oxygens (including phenoxy) is 1. The summed E-state index contributed by atoms with van der Waals surface area (Å²) in [6.07, 6.45) is 0.841. The minimum atomic E-state index is -2.34. The molecule has 0 N–H and O–H groups in total. The number of nitrogens with zero attached hydrogens (tertiary/aromatic N) is 2. The van der Waals surface area contributed by atoms with Crippen LogP contribution in [0.2, 0.25) is 16.6 Å². The molecule has 2 aromatic carbocycles. The van der Waals surface area contributed by atoms with Crippen LogP contribution in [-0.4, -0.2) is 43.3 Å². The van der Waals surface area contributed by atoms with Gasteiger partial charge in [0.25, 0.3) is 0 Å². The van der Waals surface area contributed by atoms with Crippen LogP contribution in [0.5, 0.6) is 0 Å². The molecule has 8 heteroatoms. The zero-order valence-corrected chi connectivity index (χ0v) is 27.6. The van der Waals surface area contributed by atoms with Crippen LogP contribution in [0.4, 0.5) is 10.5 Å². The van der Waals surface area contributed by atoms with Gasteiger partial charge in [0.05, 0.1) is 29.7 Å². The van der Waals surface area contributed by atoms with Gasteiger partial charge in [-0.25, -0.2) is 9.69 Å². The molecule has 0 saturated carbocycles. The molecular weight excluding hydrogens is 556 g/mol. The molecule has 0 spiro atoms. The van der Waals surface area contributed by atoms with Gasteiger partial charge < -0.3 is 9.16 Å². The van der Waals surface area contributed by atoms with Crippen molar-refractivity contribution in [1.29, 1.82) is 0 Å². The van der Waals surface area contributed by atoms with E-state index >= 15 is 0 Å². The summed E-state index contributed by atoms with van der Waals surface area (Å²) in [5.41, 5.74) is 4.27. The molecule has 230 valence electrons. The Balaban J connectivity index is 1.55. The third-order valence-corrected chi connectivity index (χ3v) is 16.1. The average molecular weight is 603 g/mol. The van der Waals surface area contributed by atoms with Crippen LogP contribution in [0.3, 0.4) is 0 Å². The van der Waals surface area contributed by atoms with Gasteiger partial charge in [0.15, 0.2) is 0 Å². The molecule has 0 aromatic heterocycles. The molecule has 1 aliphatic carbocycles. The summed E-state index contributed by atoms with van der Waals surface area (Å²) in [4.78, 5) is 44.8. The van der Waals surface area contributed by atoms with Crippen LogP contribution in [-0.2, 0) is 25.4 Å². The SMILES string of the molecule is CC(C)[Si](O[C@@H]1CC2=C(CC[C@@H]3C(=O)N(c4ccccc4)C(=O)[C@H]23)N(C(=O)OCc2ccccc2)[C@H]1C)(C(C)C)C(C)C. The molecule has 2 aromatic rings. The molecule has 43 heavy (non-hydrogen) atoms. The molecule has 0 bridgehead atoms. The number of para-hydroxylation sites is 1. The van der Waals surface area contributed by atoms with E-state index in [2.05, 4.69) is 41.5 Å². The number of hydrogen-bond donors (Lipinski definition) is 0. The average Bonchev–Trinajstić information content (AvgIpc) is 3.24. The third-order valence-electron chi connectivity index (χ3n) is 10.0. The molecule has 0 unspecified atom stereocenters. The van der Waals surface area contributed by atoms with Gasteiger partial charge in [0, 0.05) is 5.70 Å². The van der Waals surface area contributed by atoms with Gasteiger partial charge in [-0.3, -0.25) is 14.5 Å². The molecule has 4 atom stereocenters. The second-order valence-electron chi connectivity index (χ2n) is 13.3. The molecule has 2 aliphatic heterocycles. The third kappa shape index (κ3) is 5.48. The van der Waals surface area contributed by atoms with Crippen molar-refractivity contribution in [2.24, 2.45) is 11.8 Å². The lowest BCUT2D eigenvalue weighted by molar-refractivity contribution is -0.122. The predicted octanol–water partition coefficient (Wildman–Crippen LogP) is 7.83. The summed E-state index contributed by atoms with van der Waals surface area (Å²) in [5.74, 6) is -1.41. The van der Waals surface area contributed by atoms with Gasteiger partial charge in [0.2, 0.25) is 20.1 Å². The van der Waals surface area contributed by atoms with E-state index in [9.17, 15) is 14.4 Å². The maximum atomic E-state index is 14.1. The molecule has 1 saturated heterocycles. The Morgan fingerprint density at radius 2 is 1.47 bits per heavy atom. The highest BCUT2D eigenvalue weighted by Crippen LogP contribution is 2.51. The Kier molecular flexibility index (Phi) is 9.00. The molecular formula is C35H46N2O5Si. The first-order valence-corrected chi connectivity index (χ1v) is 18.0. The van der Waals surface area contributed by atoms with E-state index in [4.69, 9.17) is 9.16 Å². The number of fused-ring (bicyclic) bond motifs is 2. The highest BCUT2D eigenvalue weighted by atomic mass is 28.4. The summed E-state index contributed by atoms with van der Waals surface area (Å²) in [6.45, 7) is 15.7. The molecule has 1 fully saturated rings. The lowest BCUT2D eigenvalue weighted by Crippen LogP contribution is -2.58. The fraction of sp³-hybridized carbons (Fsp3) is 0.514. The molecule has 2 heterocycles. The van der Waals surface area contributed by atoms with Crippen molar-refractivity contribution >= 4 is 31.9 Å². The van der Waals surface area contributed by atoms with Gasteiger partial charge in [0.1, 0.15) is 6.61 Å². The highest BCUT2D eigenvalue weighted by molar-refractivity contribution is 6.77. The van der Waals surface area contributed by atoms with E-state index in [-0.39, 0.29) is 30.6 Å². The van der Waals surface area contributed by atoms with E-state index in [1.165, 1.54) is 4.90 Å². The van der Waals surface area contributed by atoms with E-state index < -0.39 is 26.2 Å². The molecule has 7 nitrogen and oxygen atoms in total. The number of hydrogen-bond acceptors (Lipinski definition) is 5. The van der Waals surface area contributed by atoms with Crippen LogP contribution in [0.25, 0.3) is 0 Å². The first-order valence-electron chi connectivity index (χ1n) is 15.8. The van der Waals surface area contributed by atoms with Gasteiger partial charge in [-0.2, -0.15) is 0 Å². The van der Waals surface area contributed by atoms with Crippen LogP contribution >= 0.6 is 0 Å². The number of allylic oxidation sites excluding steroid dienone is 1. The van der Waals surface area contributed by atoms with Crippen molar-refractivity contribution in [2.45, 2.75) is 103 Å². The first kappa shape index (κ1) is 31.2. The Hall–Kier alpha value is -3.23. The number of benzene rings is 2. The van der Waals surface area contributed by atoms with Crippen LogP contribution < -0.4 is 4.90 Å². The summed E-state index contributed by atoms with van der Waals surface area (Å²) in [5, 5.41) is 0. The van der Waals surface area contributed by atoms with Gasteiger partial charge >= 0.3 is 6.09 Å². The highest BCUT2D eigenvalue weighted by Gasteiger charge is 2.56.